The zero-order valence-corrected chi connectivity index (χ0v) is 15.0. The largest absolute Gasteiger partial charge is 0.481 e. The molecule has 1 aromatic heterocycles. The third-order valence-electron chi connectivity index (χ3n) is 4.44. The Bertz CT molecular complexity index is 789. The van der Waals surface area contributed by atoms with Crippen LogP contribution in [0.5, 0.6) is 0 Å². The predicted molar refractivity (Wildman–Crippen MR) is 98.8 cm³/mol. The molecule has 6 nitrogen and oxygen atoms in total. The van der Waals surface area contributed by atoms with Crippen LogP contribution in [0.1, 0.15) is 24.2 Å². The smallest absolute Gasteiger partial charge is 0.306 e. The molecule has 0 unspecified atom stereocenters. The van der Waals surface area contributed by atoms with E-state index in [0.717, 1.165) is 17.1 Å². The first-order valence-electron chi connectivity index (χ1n) is 8.29. The minimum Gasteiger partial charge on any atom is -0.481 e. The first kappa shape index (κ1) is 17.5. The monoisotopic (exact) mass is 360 g/mol. The molecule has 0 bridgehead atoms. The Hall–Kier alpha value is -2.34. The highest BCUT2D eigenvalue weighted by molar-refractivity contribution is 6.31. The van der Waals surface area contributed by atoms with E-state index >= 15 is 0 Å². The molecule has 1 aromatic carbocycles. The van der Waals surface area contributed by atoms with Crippen LogP contribution in [-0.2, 0) is 4.79 Å². The van der Waals surface area contributed by atoms with Crippen molar-refractivity contribution in [2.24, 2.45) is 5.92 Å². The van der Waals surface area contributed by atoms with Crippen molar-refractivity contribution >= 4 is 34.9 Å². The van der Waals surface area contributed by atoms with E-state index in [0.29, 0.717) is 42.6 Å². The fraction of sp³-hybridized carbons (Fsp3) is 0.389. The lowest BCUT2D eigenvalue weighted by Gasteiger charge is -2.31. The van der Waals surface area contributed by atoms with Crippen LogP contribution in [0.4, 0.5) is 17.3 Å². The third kappa shape index (κ3) is 4.20. The van der Waals surface area contributed by atoms with Crippen molar-refractivity contribution in [3.05, 3.63) is 40.7 Å². The molecule has 0 spiro atoms. The number of hydrogen-bond donors (Lipinski definition) is 2. The molecule has 25 heavy (non-hydrogen) atoms. The number of halogens is 1. The van der Waals surface area contributed by atoms with Gasteiger partial charge in [0.15, 0.2) is 0 Å². The van der Waals surface area contributed by atoms with Gasteiger partial charge in [0.05, 0.1) is 5.92 Å². The summed E-state index contributed by atoms with van der Waals surface area (Å²) in [6, 6.07) is 7.67. The van der Waals surface area contributed by atoms with Crippen molar-refractivity contribution in [1.82, 2.24) is 9.97 Å². The van der Waals surface area contributed by atoms with Gasteiger partial charge in [-0.2, -0.15) is 0 Å². The molecule has 2 N–H and O–H groups in total. The number of anilines is 3. The fourth-order valence-electron chi connectivity index (χ4n) is 2.95. The second-order valence-corrected chi connectivity index (χ2v) is 6.75. The van der Waals surface area contributed by atoms with E-state index in [-0.39, 0.29) is 5.92 Å². The summed E-state index contributed by atoms with van der Waals surface area (Å²) in [6.07, 6.45) is 1.27. The summed E-state index contributed by atoms with van der Waals surface area (Å²) < 4.78 is 0. The van der Waals surface area contributed by atoms with Gasteiger partial charge in [-0.25, -0.2) is 9.97 Å². The first-order valence-corrected chi connectivity index (χ1v) is 8.67. The molecule has 2 aromatic rings. The number of carbonyl (C=O) groups is 1. The average molecular weight is 361 g/mol. The number of nitrogens with one attached hydrogen (secondary N) is 1. The van der Waals surface area contributed by atoms with Crippen molar-refractivity contribution in [3.63, 3.8) is 0 Å². The van der Waals surface area contributed by atoms with E-state index in [4.69, 9.17) is 16.7 Å². The second kappa shape index (κ2) is 7.27. The van der Waals surface area contributed by atoms with Crippen LogP contribution in [0.3, 0.4) is 0 Å². The number of aromatic nitrogens is 2. The number of carboxylic acids is 1. The molecule has 0 saturated carbocycles. The molecule has 0 radical (unpaired) electrons. The summed E-state index contributed by atoms with van der Waals surface area (Å²) >= 11 is 6.17. The SMILES string of the molecule is Cc1nc(Nc2ccc(C)c(Cl)c2)cc(N2CCC(C(=O)O)CC2)n1. The van der Waals surface area contributed by atoms with Gasteiger partial charge in [0.1, 0.15) is 17.5 Å². The maximum atomic E-state index is 11.1. The van der Waals surface area contributed by atoms with E-state index < -0.39 is 5.97 Å². The van der Waals surface area contributed by atoms with Crippen LogP contribution >= 0.6 is 11.6 Å². The Morgan fingerprint density at radius 1 is 1.24 bits per heavy atom. The van der Waals surface area contributed by atoms with Crippen LogP contribution in [0, 0.1) is 19.8 Å². The fourth-order valence-corrected chi connectivity index (χ4v) is 3.13. The van der Waals surface area contributed by atoms with E-state index in [1.54, 1.807) is 0 Å². The molecule has 1 saturated heterocycles. The lowest BCUT2D eigenvalue weighted by atomic mass is 9.97. The number of nitrogens with zero attached hydrogens (tertiary/aromatic N) is 3. The molecule has 132 valence electrons. The predicted octanol–water partition coefficient (Wildman–Crippen LogP) is 3.79. The Morgan fingerprint density at radius 3 is 2.60 bits per heavy atom. The van der Waals surface area contributed by atoms with Crippen LogP contribution in [0.2, 0.25) is 5.02 Å². The number of hydrogen-bond acceptors (Lipinski definition) is 5. The highest BCUT2D eigenvalue weighted by Crippen LogP contribution is 2.26. The van der Waals surface area contributed by atoms with Gasteiger partial charge in [-0.05, 0) is 44.4 Å². The minimum atomic E-state index is -0.711. The van der Waals surface area contributed by atoms with Gasteiger partial charge in [-0.15, -0.1) is 0 Å². The Kier molecular flexibility index (Phi) is 5.08. The number of piperidine rings is 1. The maximum absolute atomic E-state index is 11.1. The lowest BCUT2D eigenvalue weighted by molar-refractivity contribution is -0.142. The van der Waals surface area contributed by atoms with Crippen LogP contribution in [-0.4, -0.2) is 34.1 Å². The molecule has 0 aliphatic carbocycles. The standard InChI is InChI=1S/C18H21ClN4O2/c1-11-3-4-14(9-15(11)19)22-16-10-17(21-12(2)20-16)23-7-5-13(6-8-23)18(24)25/h3-4,9-10,13H,5-8H2,1-2H3,(H,24,25)(H,20,21,22). The van der Waals surface area contributed by atoms with Gasteiger partial charge >= 0.3 is 5.97 Å². The third-order valence-corrected chi connectivity index (χ3v) is 4.84. The highest BCUT2D eigenvalue weighted by Gasteiger charge is 2.25. The summed E-state index contributed by atoms with van der Waals surface area (Å²) in [5.74, 6) is 1.21. The van der Waals surface area contributed by atoms with Gasteiger partial charge in [-0.1, -0.05) is 17.7 Å². The summed E-state index contributed by atoms with van der Waals surface area (Å²) in [4.78, 5) is 22.1. The Labute approximate surface area is 151 Å². The molecule has 2 heterocycles. The summed E-state index contributed by atoms with van der Waals surface area (Å²) in [6.45, 7) is 5.17. The lowest BCUT2D eigenvalue weighted by Crippen LogP contribution is -2.36. The number of carboxylic acid groups (broad SMARTS) is 1. The van der Waals surface area contributed by atoms with E-state index in [9.17, 15) is 4.79 Å². The van der Waals surface area contributed by atoms with Crippen molar-refractivity contribution < 1.29 is 9.90 Å². The first-order chi connectivity index (χ1) is 11.9. The van der Waals surface area contributed by atoms with E-state index in [1.807, 2.05) is 38.1 Å². The number of benzene rings is 1. The highest BCUT2D eigenvalue weighted by atomic mass is 35.5. The Balaban J connectivity index is 1.76. The molecular weight excluding hydrogens is 340 g/mol. The average Bonchev–Trinajstić information content (AvgIpc) is 2.58. The van der Waals surface area contributed by atoms with Crippen molar-refractivity contribution in [2.45, 2.75) is 26.7 Å². The molecule has 0 atom stereocenters. The van der Waals surface area contributed by atoms with Crippen molar-refractivity contribution in [2.75, 3.05) is 23.3 Å². The minimum absolute atomic E-state index is 0.258. The number of aliphatic carboxylic acids is 1. The topological polar surface area (TPSA) is 78.4 Å². The molecule has 3 rings (SSSR count). The van der Waals surface area contributed by atoms with Crippen molar-refractivity contribution in [1.29, 1.82) is 0 Å². The van der Waals surface area contributed by atoms with Crippen LogP contribution in [0.25, 0.3) is 0 Å². The van der Waals surface area contributed by atoms with Crippen molar-refractivity contribution in [3.8, 4) is 0 Å². The van der Waals surface area contributed by atoms with Crippen LogP contribution in [0.15, 0.2) is 24.3 Å². The van der Waals surface area contributed by atoms with Gasteiger partial charge in [0.25, 0.3) is 0 Å². The summed E-state index contributed by atoms with van der Waals surface area (Å²) in [5, 5.41) is 13.1. The Morgan fingerprint density at radius 2 is 1.96 bits per heavy atom. The van der Waals surface area contributed by atoms with Gasteiger partial charge in [0, 0.05) is 29.9 Å². The molecule has 1 fully saturated rings. The zero-order chi connectivity index (χ0) is 18.0. The maximum Gasteiger partial charge on any atom is 0.306 e. The number of aryl methyl sites for hydroxylation is 2. The van der Waals surface area contributed by atoms with Crippen LogP contribution < -0.4 is 10.2 Å². The van der Waals surface area contributed by atoms with Gasteiger partial charge in [-0.3, -0.25) is 4.79 Å². The van der Waals surface area contributed by atoms with E-state index in [2.05, 4.69) is 20.2 Å². The summed E-state index contributed by atoms with van der Waals surface area (Å²) in [7, 11) is 0. The normalized spacial score (nSPS) is 15.2. The van der Waals surface area contributed by atoms with Gasteiger partial charge in [0.2, 0.25) is 0 Å². The molecule has 7 heteroatoms. The van der Waals surface area contributed by atoms with Gasteiger partial charge < -0.3 is 15.3 Å². The second-order valence-electron chi connectivity index (χ2n) is 6.35. The quantitative estimate of drug-likeness (QED) is 0.863. The molecule has 1 aliphatic rings. The zero-order valence-electron chi connectivity index (χ0n) is 14.3. The molecule has 1 aliphatic heterocycles. The molecular formula is C18H21ClN4O2. The number of rotatable bonds is 4. The molecule has 0 amide bonds. The van der Waals surface area contributed by atoms with E-state index in [1.165, 1.54) is 0 Å². The summed E-state index contributed by atoms with van der Waals surface area (Å²) in [5.41, 5.74) is 1.89.